The summed E-state index contributed by atoms with van der Waals surface area (Å²) in [6.45, 7) is 3.11. The normalized spacial score (nSPS) is 17.5. The first-order valence-corrected chi connectivity index (χ1v) is 8.56. The second-order valence-corrected chi connectivity index (χ2v) is 6.67. The van der Waals surface area contributed by atoms with Gasteiger partial charge in [-0.2, -0.15) is 0 Å². The second kappa shape index (κ2) is 7.83. The molecule has 0 saturated heterocycles. The zero-order valence-corrected chi connectivity index (χ0v) is 13.2. The van der Waals surface area contributed by atoms with E-state index in [9.17, 15) is 0 Å². The molecule has 1 nitrogen and oxygen atoms in total. The highest BCUT2D eigenvalue weighted by Gasteiger charge is 2.32. The van der Waals surface area contributed by atoms with Crippen molar-refractivity contribution in [1.29, 1.82) is 0 Å². The van der Waals surface area contributed by atoms with Crippen molar-refractivity contribution >= 4 is 0 Å². The predicted molar refractivity (Wildman–Crippen MR) is 87.9 cm³/mol. The predicted octanol–water partition coefficient (Wildman–Crippen LogP) is 4.87. The summed E-state index contributed by atoms with van der Waals surface area (Å²) in [5.74, 6) is 0. The molecule has 1 saturated carbocycles. The second-order valence-electron chi connectivity index (χ2n) is 6.67. The fourth-order valence-corrected chi connectivity index (χ4v) is 3.72. The van der Waals surface area contributed by atoms with Crippen LogP contribution in [0, 0.1) is 5.41 Å². The molecule has 2 N–H and O–H groups in total. The van der Waals surface area contributed by atoms with Crippen LogP contribution in [0.1, 0.15) is 69.4 Å². The number of unbranched alkanes of at least 4 members (excludes halogenated alkanes) is 1. The number of aryl methyl sites for hydroxylation is 2. The molecule has 1 aliphatic rings. The number of benzene rings is 1. The van der Waals surface area contributed by atoms with Gasteiger partial charge < -0.3 is 5.73 Å². The molecule has 2 rings (SSSR count). The van der Waals surface area contributed by atoms with Crippen LogP contribution in [0.5, 0.6) is 0 Å². The van der Waals surface area contributed by atoms with Gasteiger partial charge >= 0.3 is 0 Å². The smallest absolute Gasteiger partial charge is 0.00720 e. The highest BCUT2D eigenvalue weighted by atomic mass is 14.5. The molecule has 1 aromatic rings. The van der Waals surface area contributed by atoms with Crippen molar-refractivity contribution < 1.29 is 0 Å². The van der Waals surface area contributed by atoms with Crippen LogP contribution in [-0.2, 0) is 12.8 Å². The Morgan fingerprint density at radius 2 is 1.55 bits per heavy atom. The molecule has 0 amide bonds. The number of hydrogen-bond acceptors (Lipinski definition) is 1. The van der Waals surface area contributed by atoms with Gasteiger partial charge in [-0.25, -0.2) is 0 Å². The molecule has 1 heteroatoms. The van der Waals surface area contributed by atoms with Crippen LogP contribution in [0.3, 0.4) is 0 Å². The first kappa shape index (κ1) is 15.6. The number of rotatable bonds is 8. The Balaban J connectivity index is 1.86. The van der Waals surface area contributed by atoms with Gasteiger partial charge in [-0.15, -0.1) is 0 Å². The topological polar surface area (TPSA) is 26.0 Å². The van der Waals surface area contributed by atoms with Gasteiger partial charge in [0.2, 0.25) is 0 Å². The first-order valence-electron chi connectivity index (χ1n) is 8.56. The third-order valence-electron chi connectivity index (χ3n) is 5.12. The van der Waals surface area contributed by atoms with E-state index in [2.05, 4.69) is 31.2 Å². The van der Waals surface area contributed by atoms with Gasteiger partial charge in [0, 0.05) is 0 Å². The number of nitrogens with two attached hydrogens (primary N) is 1. The highest BCUT2D eigenvalue weighted by molar-refractivity contribution is 5.23. The maximum absolute atomic E-state index is 5.83. The first-order chi connectivity index (χ1) is 9.78. The van der Waals surface area contributed by atoms with Crippen molar-refractivity contribution in [3.05, 3.63) is 35.4 Å². The van der Waals surface area contributed by atoms with Crippen molar-refractivity contribution in [1.82, 2.24) is 0 Å². The molecule has 1 fully saturated rings. The Morgan fingerprint density at radius 1 is 0.950 bits per heavy atom. The SMILES string of the molecule is CCCCc1ccc(CCC2(CCN)CCCC2)cc1. The average molecular weight is 273 g/mol. The van der Waals surface area contributed by atoms with Crippen molar-refractivity contribution in [3.8, 4) is 0 Å². The van der Waals surface area contributed by atoms with Gasteiger partial charge in [-0.3, -0.25) is 0 Å². The molecule has 1 aromatic carbocycles. The summed E-state index contributed by atoms with van der Waals surface area (Å²) >= 11 is 0. The van der Waals surface area contributed by atoms with E-state index in [0.717, 1.165) is 6.54 Å². The summed E-state index contributed by atoms with van der Waals surface area (Å²) in [7, 11) is 0. The summed E-state index contributed by atoms with van der Waals surface area (Å²) in [5, 5.41) is 0. The number of hydrogen-bond donors (Lipinski definition) is 1. The Bertz CT molecular complexity index is 373. The van der Waals surface area contributed by atoms with Crippen molar-refractivity contribution in [3.63, 3.8) is 0 Å². The Hall–Kier alpha value is -0.820. The Morgan fingerprint density at radius 3 is 2.10 bits per heavy atom. The summed E-state index contributed by atoms with van der Waals surface area (Å²) in [4.78, 5) is 0. The van der Waals surface area contributed by atoms with Crippen LogP contribution in [-0.4, -0.2) is 6.54 Å². The minimum atomic E-state index is 0.565. The largest absolute Gasteiger partial charge is 0.330 e. The van der Waals surface area contributed by atoms with Crippen LogP contribution in [0.15, 0.2) is 24.3 Å². The van der Waals surface area contributed by atoms with E-state index in [1.807, 2.05) is 0 Å². The molecule has 0 atom stereocenters. The van der Waals surface area contributed by atoms with E-state index in [1.54, 1.807) is 0 Å². The molecule has 112 valence electrons. The molecule has 0 bridgehead atoms. The maximum atomic E-state index is 5.83. The molecule has 0 aliphatic heterocycles. The van der Waals surface area contributed by atoms with E-state index in [1.165, 1.54) is 75.3 Å². The third-order valence-corrected chi connectivity index (χ3v) is 5.12. The molecule has 0 spiro atoms. The Labute approximate surface area is 125 Å². The molecule has 0 aromatic heterocycles. The molecular formula is C19H31N. The van der Waals surface area contributed by atoms with Crippen molar-refractivity contribution in [2.24, 2.45) is 11.1 Å². The molecule has 0 radical (unpaired) electrons. The summed E-state index contributed by atoms with van der Waals surface area (Å²) in [5.41, 5.74) is 9.40. The van der Waals surface area contributed by atoms with Crippen LogP contribution >= 0.6 is 0 Å². The monoisotopic (exact) mass is 273 g/mol. The highest BCUT2D eigenvalue weighted by Crippen LogP contribution is 2.44. The van der Waals surface area contributed by atoms with E-state index in [4.69, 9.17) is 5.73 Å². The lowest BCUT2D eigenvalue weighted by Crippen LogP contribution is -2.21. The van der Waals surface area contributed by atoms with Crippen molar-refractivity contribution in [2.45, 2.75) is 71.1 Å². The summed E-state index contributed by atoms with van der Waals surface area (Å²) < 4.78 is 0. The van der Waals surface area contributed by atoms with Gasteiger partial charge in [0.25, 0.3) is 0 Å². The van der Waals surface area contributed by atoms with Gasteiger partial charge in [-0.1, -0.05) is 50.5 Å². The van der Waals surface area contributed by atoms with Crippen LogP contribution in [0.25, 0.3) is 0 Å². The van der Waals surface area contributed by atoms with Gasteiger partial charge in [-0.05, 0) is 68.0 Å². The van der Waals surface area contributed by atoms with Crippen LogP contribution in [0.4, 0.5) is 0 Å². The average Bonchev–Trinajstić information content (AvgIpc) is 2.93. The standard InChI is InChI=1S/C19H31N/c1-2-3-6-17-7-9-18(10-8-17)11-14-19(15-16-20)12-4-5-13-19/h7-10H,2-6,11-16,20H2,1H3. The van der Waals surface area contributed by atoms with E-state index >= 15 is 0 Å². The zero-order chi connectivity index (χ0) is 14.3. The quantitative estimate of drug-likeness (QED) is 0.718. The molecule has 0 unspecified atom stereocenters. The third kappa shape index (κ3) is 4.34. The van der Waals surface area contributed by atoms with E-state index in [-0.39, 0.29) is 0 Å². The van der Waals surface area contributed by atoms with Gasteiger partial charge in [0.05, 0.1) is 0 Å². The summed E-state index contributed by atoms with van der Waals surface area (Å²) in [6.07, 6.45) is 13.2. The lowest BCUT2D eigenvalue weighted by Gasteiger charge is -2.28. The lowest BCUT2D eigenvalue weighted by molar-refractivity contribution is 0.253. The van der Waals surface area contributed by atoms with Gasteiger partial charge in [0.1, 0.15) is 0 Å². The fourth-order valence-electron chi connectivity index (χ4n) is 3.72. The molecule has 20 heavy (non-hydrogen) atoms. The van der Waals surface area contributed by atoms with Crippen LogP contribution in [0.2, 0.25) is 0 Å². The van der Waals surface area contributed by atoms with E-state index < -0.39 is 0 Å². The fraction of sp³-hybridized carbons (Fsp3) is 0.684. The van der Waals surface area contributed by atoms with Gasteiger partial charge in [0.15, 0.2) is 0 Å². The van der Waals surface area contributed by atoms with Crippen LogP contribution < -0.4 is 5.73 Å². The Kier molecular flexibility index (Phi) is 6.09. The lowest BCUT2D eigenvalue weighted by atomic mass is 9.77. The minimum absolute atomic E-state index is 0.565. The molecular weight excluding hydrogens is 242 g/mol. The van der Waals surface area contributed by atoms with E-state index in [0.29, 0.717) is 5.41 Å². The minimum Gasteiger partial charge on any atom is -0.330 e. The molecule has 0 heterocycles. The summed E-state index contributed by atoms with van der Waals surface area (Å²) in [6, 6.07) is 9.34. The maximum Gasteiger partial charge on any atom is -0.00720 e. The van der Waals surface area contributed by atoms with Crippen molar-refractivity contribution in [2.75, 3.05) is 6.54 Å². The molecule has 1 aliphatic carbocycles. The zero-order valence-electron chi connectivity index (χ0n) is 13.2.